The monoisotopic (exact) mass is 735 g/mol. The van der Waals surface area contributed by atoms with Gasteiger partial charge >= 0.3 is 0 Å². The van der Waals surface area contributed by atoms with Gasteiger partial charge in [-0.2, -0.15) is 5.10 Å². The second-order valence-corrected chi connectivity index (χ2v) is 18.6. The normalized spacial score (nSPS) is 12.2. The van der Waals surface area contributed by atoms with Crippen molar-refractivity contribution in [3.63, 3.8) is 0 Å². The highest BCUT2D eigenvalue weighted by Gasteiger charge is 2.42. The van der Waals surface area contributed by atoms with Crippen LogP contribution in [0.3, 0.4) is 0 Å². The molecule has 2 amide bonds. The molecule has 2 heterocycles. The fourth-order valence-electron chi connectivity index (χ4n) is 4.26. The van der Waals surface area contributed by atoms with Crippen molar-refractivity contribution >= 4 is 65.4 Å². The number of carbonyl (C=O) groups is 2. The lowest BCUT2D eigenvalue weighted by Gasteiger charge is -2.23. The van der Waals surface area contributed by atoms with Gasteiger partial charge in [-0.25, -0.2) is 21.8 Å². The molecule has 0 saturated heterocycles. The predicted octanol–water partition coefficient (Wildman–Crippen LogP) is 6.63. The number of sulfone groups is 2. The molecular formula is C33H42ClN5O6S3. The highest BCUT2D eigenvalue weighted by atomic mass is 35.5. The summed E-state index contributed by atoms with van der Waals surface area (Å²) in [6, 6.07) is 18.5. The Balaban J connectivity index is 0.000000260. The molecule has 2 aromatic carbocycles. The van der Waals surface area contributed by atoms with Crippen LogP contribution in [-0.4, -0.2) is 64.4 Å². The minimum atomic E-state index is -3.53. The van der Waals surface area contributed by atoms with Crippen LogP contribution in [0.4, 0.5) is 10.9 Å². The van der Waals surface area contributed by atoms with E-state index in [0.717, 1.165) is 11.1 Å². The van der Waals surface area contributed by atoms with Crippen molar-refractivity contribution in [1.29, 1.82) is 0 Å². The third-order valence-electron chi connectivity index (χ3n) is 7.65. The summed E-state index contributed by atoms with van der Waals surface area (Å²) in [5, 5.41) is 12.5. The number of rotatable bonds is 12. The van der Waals surface area contributed by atoms with Crippen molar-refractivity contribution in [3.8, 4) is 22.5 Å². The van der Waals surface area contributed by atoms with Gasteiger partial charge in [-0.1, -0.05) is 67.9 Å². The molecule has 0 radical (unpaired) electrons. The van der Waals surface area contributed by atoms with Crippen molar-refractivity contribution < 1.29 is 26.4 Å². The molecule has 4 aromatic rings. The third-order valence-corrected chi connectivity index (χ3v) is 14.0. The molecule has 0 bridgehead atoms. The molecule has 15 heteroatoms. The van der Waals surface area contributed by atoms with Crippen molar-refractivity contribution in [3.05, 3.63) is 71.1 Å². The number of halogens is 1. The highest BCUT2D eigenvalue weighted by molar-refractivity contribution is 7.93. The van der Waals surface area contributed by atoms with E-state index in [2.05, 4.69) is 20.7 Å². The van der Waals surface area contributed by atoms with E-state index in [1.54, 1.807) is 44.5 Å². The Morgan fingerprint density at radius 1 is 0.792 bits per heavy atom. The van der Waals surface area contributed by atoms with Crippen molar-refractivity contribution in [1.82, 2.24) is 14.8 Å². The zero-order valence-electron chi connectivity index (χ0n) is 28.1. The molecule has 11 nitrogen and oxygen atoms in total. The van der Waals surface area contributed by atoms with Gasteiger partial charge in [0.2, 0.25) is 11.8 Å². The van der Waals surface area contributed by atoms with E-state index < -0.39 is 41.0 Å². The number of hydrogen-bond donors (Lipinski definition) is 2. The summed E-state index contributed by atoms with van der Waals surface area (Å²) in [4.78, 5) is 29.3. The van der Waals surface area contributed by atoms with E-state index in [9.17, 15) is 26.4 Å². The molecule has 0 aliphatic rings. The molecule has 0 aliphatic carbocycles. The third kappa shape index (κ3) is 9.10. The SMILES string of the molecule is CCCS(=O)(=O)C(C)(C)C(=O)Nc1cc(-c2ccccc2)nn1C.CCCS(=O)(=O)C(C)(C)C(=O)Nc1nc(-c2ccc(Cl)cc2)cs1. The molecule has 48 heavy (non-hydrogen) atoms. The molecule has 0 unspecified atom stereocenters. The summed E-state index contributed by atoms with van der Waals surface area (Å²) in [6.07, 6.45) is 0.944. The minimum Gasteiger partial charge on any atom is -0.310 e. The Kier molecular flexibility index (Phi) is 12.7. The van der Waals surface area contributed by atoms with Crippen LogP contribution >= 0.6 is 22.9 Å². The smallest absolute Gasteiger partial charge is 0.247 e. The Labute approximate surface area is 292 Å². The summed E-state index contributed by atoms with van der Waals surface area (Å²) in [7, 11) is -5.35. The van der Waals surface area contributed by atoms with Gasteiger partial charge in [-0.05, 0) is 52.7 Å². The highest BCUT2D eigenvalue weighted by Crippen LogP contribution is 2.28. The minimum absolute atomic E-state index is 0.0198. The molecule has 0 saturated carbocycles. The van der Waals surface area contributed by atoms with Gasteiger partial charge in [0.15, 0.2) is 24.8 Å². The lowest BCUT2D eigenvalue weighted by Crippen LogP contribution is -2.45. The van der Waals surface area contributed by atoms with Crippen molar-refractivity contribution in [2.24, 2.45) is 7.05 Å². The number of thiazole rings is 1. The molecule has 2 aromatic heterocycles. The number of aryl methyl sites for hydroxylation is 1. The molecule has 0 aliphatic heterocycles. The van der Waals surface area contributed by atoms with Gasteiger partial charge in [0, 0.05) is 34.6 Å². The van der Waals surface area contributed by atoms with Crippen LogP contribution in [0.5, 0.6) is 0 Å². The molecular weight excluding hydrogens is 694 g/mol. The van der Waals surface area contributed by atoms with E-state index in [0.29, 0.717) is 40.2 Å². The number of aromatic nitrogens is 3. The van der Waals surface area contributed by atoms with Crippen LogP contribution in [0.25, 0.3) is 22.5 Å². The summed E-state index contributed by atoms with van der Waals surface area (Å²) >= 11 is 7.11. The topological polar surface area (TPSA) is 157 Å². The number of hydrogen-bond acceptors (Lipinski definition) is 9. The van der Waals surface area contributed by atoms with Gasteiger partial charge in [-0.15, -0.1) is 11.3 Å². The molecule has 260 valence electrons. The lowest BCUT2D eigenvalue weighted by molar-refractivity contribution is -0.118. The number of anilines is 2. The summed E-state index contributed by atoms with van der Waals surface area (Å²) < 4.78 is 47.7. The molecule has 2 N–H and O–H groups in total. The van der Waals surface area contributed by atoms with E-state index in [1.807, 2.05) is 42.5 Å². The molecule has 0 fully saturated rings. The number of carbonyl (C=O) groups excluding carboxylic acids is 2. The average molecular weight is 736 g/mol. The standard InChI is InChI=1S/C17H23N3O3S.C16H19ClN2O3S2/c1-5-11-24(22,23)17(2,3)16(21)18-15-12-14(19-20(15)4)13-9-7-6-8-10-13;1-4-9-24(21,22)16(2,3)14(20)19-15-18-13(10-23-15)11-5-7-12(17)8-6-11/h6-10,12H,5,11H2,1-4H3,(H,18,21);5-8,10H,4,9H2,1-3H3,(H,18,19,20). The first-order valence-corrected chi connectivity index (χ1v) is 19.8. The van der Waals surface area contributed by atoms with Crippen LogP contribution in [0.15, 0.2) is 66.0 Å². The first-order valence-electron chi connectivity index (χ1n) is 15.2. The first-order chi connectivity index (χ1) is 22.4. The summed E-state index contributed by atoms with van der Waals surface area (Å²) in [5.74, 6) is -0.722. The second-order valence-electron chi connectivity index (χ2n) is 12.0. The van der Waals surface area contributed by atoms with Crippen LogP contribution in [0, 0.1) is 0 Å². The summed E-state index contributed by atoms with van der Waals surface area (Å²) in [5.41, 5.74) is 3.20. The molecule has 0 atom stereocenters. The predicted molar refractivity (Wildman–Crippen MR) is 195 cm³/mol. The second kappa shape index (κ2) is 15.7. The van der Waals surface area contributed by atoms with Crippen LogP contribution in [0.2, 0.25) is 5.02 Å². The number of benzene rings is 2. The Bertz CT molecular complexity index is 1940. The van der Waals surface area contributed by atoms with Crippen LogP contribution in [0.1, 0.15) is 54.4 Å². The maximum atomic E-state index is 12.5. The van der Waals surface area contributed by atoms with Gasteiger partial charge in [0.25, 0.3) is 0 Å². The molecule has 4 rings (SSSR count). The quantitative estimate of drug-likeness (QED) is 0.164. The fraction of sp³-hybridized carbons (Fsp3) is 0.394. The fourth-order valence-corrected chi connectivity index (χ4v) is 7.87. The van der Waals surface area contributed by atoms with Crippen LogP contribution in [-0.2, 0) is 36.3 Å². The average Bonchev–Trinajstić information content (AvgIpc) is 3.64. The lowest BCUT2D eigenvalue weighted by atomic mass is 10.1. The van der Waals surface area contributed by atoms with E-state index >= 15 is 0 Å². The van der Waals surface area contributed by atoms with Crippen molar-refractivity contribution in [2.45, 2.75) is 63.9 Å². The van der Waals surface area contributed by atoms with Crippen molar-refractivity contribution in [2.75, 3.05) is 22.1 Å². The van der Waals surface area contributed by atoms with E-state index in [-0.39, 0.29) is 11.5 Å². The maximum absolute atomic E-state index is 12.5. The Hall–Kier alpha value is -3.59. The van der Waals surface area contributed by atoms with Gasteiger partial charge in [0.05, 0.1) is 22.9 Å². The Morgan fingerprint density at radius 3 is 1.81 bits per heavy atom. The zero-order chi connectivity index (χ0) is 35.9. The summed E-state index contributed by atoms with van der Waals surface area (Å²) in [6.45, 7) is 9.25. The molecule has 0 spiro atoms. The van der Waals surface area contributed by atoms with Gasteiger partial charge in [0.1, 0.15) is 15.3 Å². The zero-order valence-corrected chi connectivity index (χ0v) is 31.3. The number of nitrogens with zero attached hydrogens (tertiary/aromatic N) is 3. The van der Waals surface area contributed by atoms with E-state index in [4.69, 9.17) is 11.6 Å². The first kappa shape index (κ1) is 38.9. The maximum Gasteiger partial charge on any atom is 0.247 e. The number of amides is 2. The van der Waals surface area contributed by atoms with E-state index in [1.165, 1.54) is 43.7 Å². The van der Waals surface area contributed by atoms with Gasteiger partial charge in [-0.3, -0.25) is 14.3 Å². The Morgan fingerprint density at radius 2 is 1.29 bits per heavy atom. The van der Waals surface area contributed by atoms with Crippen LogP contribution < -0.4 is 10.6 Å². The van der Waals surface area contributed by atoms with Gasteiger partial charge < -0.3 is 10.6 Å². The number of nitrogens with one attached hydrogen (secondary N) is 2. The largest absolute Gasteiger partial charge is 0.310 e.